The molecule has 0 aliphatic carbocycles. The highest BCUT2D eigenvalue weighted by molar-refractivity contribution is 5.76. The van der Waals surface area contributed by atoms with Crippen molar-refractivity contribution in [1.29, 1.82) is 0 Å². The minimum absolute atomic E-state index is 0.0310. The molecule has 2 heterocycles. The first-order chi connectivity index (χ1) is 14.8. The molecule has 0 aliphatic heterocycles. The van der Waals surface area contributed by atoms with Crippen LogP contribution in [0.15, 0.2) is 41.3 Å². The molecule has 1 aromatic carbocycles. The zero-order chi connectivity index (χ0) is 22.4. The van der Waals surface area contributed by atoms with Gasteiger partial charge in [0.15, 0.2) is 0 Å². The van der Waals surface area contributed by atoms with Gasteiger partial charge in [0, 0.05) is 42.1 Å². The number of H-pyrrole nitrogens is 1. The van der Waals surface area contributed by atoms with Crippen molar-refractivity contribution in [1.82, 2.24) is 30.5 Å². The third-order valence-corrected chi connectivity index (χ3v) is 5.36. The van der Waals surface area contributed by atoms with Crippen molar-refractivity contribution in [3.8, 4) is 5.69 Å². The van der Waals surface area contributed by atoms with Crippen LogP contribution in [0.25, 0.3) is 16.7 Å². The van der Waals surface area contributed by atoms with Gasteiger partial charge in [-0.05, 0) is 50.2 Å². The Bertz CT molecular complexity index is 1030. The van der Waals surface area contributed by atoms with Gasteiger partial charge in [-0.15, -0.1) is 0 Å². The number of nitrogens with one attached hydrogen (secondary N) is 4. The maximum Gasteiger partial charge on any atom is 0.354 e. The summed E-state index contributed by atoms with van der Waals surface area (Å²) in [6.07, 6.45) is 2.89. The molecule has 1 atom stereocenters. The molecule has 3 rings (SSSR count). The number of rotatable bonds is 10. The van der Waals surface area contributed by atoms with Crippen LogP contribution >= 0.6 is 0 Å². The van der Waals surface area contributed by atoms with E-state index in [0.29, 0.717) is 12.3 Å². The summed E-state index contributed by atoms with van der Waals surface area (Å²) in [5.74, 6) is 0. The van der Waals surface area contributed by atoms with Crippen LogP contribution < -0.4 is 27.4 Å². The molecule has 0 fully saturated rings. The fraction of sp³-hybridized carbons (Fsp3) is 0.478. The lowest BCUT2D eigenvalue weighted by Gasteiger charge is -2.15. The van der Waals surface area contributed by atoms with Gasteiger partial charge in [-0.25, -0.2) is 4.79 Å². The van der Waals surface area contributed by atoms with Gasteiger partial charge < -0.3 is 21.4 Å². The Morgan fingerprint density at radius 3 is 2.58 bits per heavy atom. The predicted molar refractivity (Wildman–Crippen MR) is 126 cm³/mol. The average molecular weight is 426 g/mol. The van der Waals surface area contributed by atoms with Crippen LogP contribution in [0, 0.1) is 0 Å². The molecule has 0 saturated carbocycles. The Morgan fingerprint density at radius 2 is 1.90 bits per heavy atom. The maximum absolute atomic E-state index is 12.6. The number of nitrogens with zero attached hydrogens (tertiary/aromatic N) is 2. The van der Waals surface area contributed by atoms with Gasteiger partial charge in [0.2, 0.25) is 0 Å². The number of fused-ring (bicyclic) bond motifs is 1. The van der Waals surface area contributed by atoms with E-state index < -0.39 is 0 Å². The van der Waals surface area contributed by atoms with E-state index in [0.717, 1.165) is 42.9 Å². The Hall–Kier alpha value is -2.52. The third kappa shape index (κ3) is 6.01. The first kappa shape index (κ1) is 23.1. The molecule has 0 radical (unpaired) electrons. The van der Waals surface area contributed by atoms with Crippen LogP contribution in [0.4, 0.5) is 0 Å². The number of hydrogen-bond donors (Lipinski definition) is 5. The van der Waals surface area contributed by atoms with Crippen molar-refractivity contribution in [2.75, 3.05) is 26.4 Å². The van der Waals surface area contributed by atoms with Crippen LogP contribution in [0.5, 0.6) is 0 Å². The molecule has 31 heavy (non-hydrogen) atoms. The normalized spacial score (nSPS) is 13.1. The van der Waals surface area contributed by atoms with Crippen molar-refractivity contribution >= 4 is 11.0 Å². The topological polar surface area (TPSA) is 113 Å². The van der Waals surface area contributed by atoms with E-state index in [4.69, 9.17) is 5.73 Å². The molecule has 8 nitrogen and oxygen atoms in total. The third-order valence-electron chi connectivity index (χ3n) is 5.36. The van der Waals surface area contributed by atoms with Gasteiger partial charge in [0.25, 0.3) is 0 Å². The van der Waals surface area contributed by atoms with Crippen LogP contribution in [-0.4, -0.2) is 41.0 Å². The van der Waals surface area contributed by atoms with E-state index in [1.807, 2.05) is 18.3 Å². The lowest BCUT2D eigenvalue weighted by atomic mass is 9.92. The molecule has 6 N–H and O–H groups in total. The summed E-state index contributed by atoms with van der Waals surface area (Å²) >= 11 is 0. The lowest BCUT2D eigenvalue weighted by molar-refractivity contribution is 0.523. The Labute approximate surface area is 183 Å². The predicted octanol–water partition coefficient (Wildman–Crippen LogP) is 2.10. The number of benzene rings is 1. The smallest absolute Gasteiger partial charge is 0.343 e. The summed E-state index contributed by atoms with van der Waals surface area (Å²) in [5, 5.41) is 10.8. The largest absolute Gasteiger partial charge is 0.354 e. The zero-order valence-corrected chi connectivity index (χ0v) is 19.0. The summed E-state index contributed by atoms with van der Waals surface area (Å²) in [6, 6.07) is 10.4. The molecule has 3 aromatic rings. The fourth-order valence-electron chi connectivity index (χ4n) is 3.41. The highest BCUT2D eigenvalue weighted by atomic mass is 16.1. The molecule has 0 bridgehead atoms. The minimum atomic E-state index is -0.287. The Kier molecular flexibility index (Phi) is 7.61. The van der Waals surface area contributed by atoms with E-state index >= 15 is 0 Å². The number of nitrogens with two attached hydrogens (primary N) is 1. The second-order valence-corrected chi connectivity index (χ2v) is 8.88. The second kappa shape index (κ2) is 10.2. The van der Waals surface area contributed by atoms with Crippen molar-refractivity contribution < 1.29 is 0 Å². The van der Waals surface area contributed by atoms with Gasteiger partial charge in [-0.3, -0.25) is 9.88 Å². The molecule has 0 saturated heterocycles. The Balaban J connectivity index is 1.65. The highest BCUT2D eigenvalue weighted by Crippen LogP contribution is 2.24. The molecule has 0 spiro atoms. The maximum atomic E-state index is 12.6. The molecule has 0 amide bonds. The second-order valence-electron chi connectivity index (χ2n) is 8.88. The van der Waals surface area contributed by atoms with E-state index in [2.05, 4.69) is 71.8 Å². The quantitative estimate of drug-likeness (QED) is 0.251. The van der Waals surface area contributed by atoms with Crippen molar-refractivity contribution in [3.05, 3.63) is 58.3 Å². The first-order valence-corrected chi connectivity index (χ1v) is 10.9. The number of aromatic nitrogens is 3. The van der Waals surface area contributed by atoms with Crippen molar-refractivity contribution in [2.24, 2.45) is 5.73 Å². The molecular formula is C23H35N7O. The van der Waals surface area contributed by atoms with Gasteiger partial charge in [-0.1, -0.05) is 32.9 Å². The monoisotopic (exact) mass is 425 g/mol. The molecule has 0 aliphatic rings. The summed E-state index contributed by atoms with van der Waals surface area (Å²) in [7, 11) is 0. The van der Waals surface area contributed by atoms with Crippen LogP contribution in [0.1, 0.15) is 51.4 Å². The average Bonchev–Trinajstić information content (AvgIpc) is 3.16. The molecule has 2 aromatic heterocycles. The van der Waals surface area contributed by atoms with Crippen molar-refractivity contribution in [2.45, 2.75) is 45.6 Å². The van der Waals surface area contributed by atoms with E-state index in [-0.39, 0.29) is 17.1 Å². The number of aromatic amines is 1. The Morgan fingerprint density at radius 1 is 1.16 bits per heavy atom. The van der Waals surface area contributed by atoms with Gasteiger partial charge in [0.1, 0.15) is 5.65 Å². The van der Waals surface area contributed by atoms with Gasteiger partial charge >= 0.3 is 5.69 Å². The standard InChI is InChI=1S/C23H35N7O/c1-16(27-11-5-10-25-15-26-14-24)17-6-8-19(9-7-17)30-13-18-12-20(23(2,3)4)28-21(18)29-22(30)31/h6-9,12-13,16,25-27H,5,10-11,14-15,24H2,1-4H3,(H,28,29,31)/t16-/m0/s1. The van der Waals surface area contributed by atoms with Crippen molar-refractivity contribution in [3.63, 3.8) is 0 Å². The summed E-state index contributed by atoms with van der Waals surface area (Å²) in [4.78, 5) is 20.1. The highest BCUT2D eigenvalue weighted by Gasteiger charge is 2.17. The first-order valence-electron chi connectivity index (χ1n) is 10.9. The fourth-order valence-corrected chi connectivity index (χ4v) is 3.41. The lowest BCUT2D eigenvalue weighted by Crippen LogP contribution is -2.34. The molecule has 8 heteroatoms. The number of hydrogen-bond acceptors (Lipinski definition) is 6. The minimum Gasteiger partial charge on any atom is -0.343 e. The molecule has 168 valence electrons. The summed E-state index contributed by atoms with van der Waals surface area (Å²) in [6.45, 7) is 11.6. The van der Waals surface area contributed by atoms with E-state index in [9.17, 15) is 4.79 Å². The zero-order valence-electron chi connectivity index (χ0n) is 19.0. The van der Waals surface area contributed by atoms with Gasteiger partial charge in [-0.2, -0.15) is 4.98 Å². The SMILES string of the molecule is C[C@H](NCCCNCNCN)c1ccc(-n2cc3cc(C(C)(C)C)[nH]c3nc2=O)cc1. The van der Waals surface area contributed by atoms with Crippen LogP contribution in [0.2, 0.25) is 0 Å². The van der Waals surface area contributed by atoms with E-state index in [1.165, 1.54) is 5.56 Å². The summed E-state index contributed by atoms with van der Waals surface area (Å²) in [5.41, 5.74) is 8.75. The van der Waals surface area contributed by atoms with Gasteiger partial charge in [0.05, 0.1) is 5.69 Å². The summed E-state index contributed by atoms with van der Waals surface area (Å²) < 4.78 is 1.60. The molecular weight excluding hydrogens is 390 g/mol. The van der Waals surface area contributed by atoms with Crippen LogP contribution in [0.3, 0.4) is 0 Å². The van der Waals surface area contributed by atoms with E-state index in [1.54, 1.807) is 4.57 Å². The van der Waals surface area contributed by atoms with Crippen LogP contribution in [-0.2, 0) is 5.41 Å². The molecule has 0 unspecified atom stereocenters.